The smallest absolute Gasteiger partial charge is 0.311 e. The van der Waals surface area contributed by atoms with Crippen LogP contribution in [0.2, 0.25) is 0 Å². The largest absolute Gasteiger partial charge is 0.426 e. The summed E-state index contributed by atoms with van der Waals surface area (Å²) in [6.07, 6.45) is 14.8. The predicted molar refractivity (Wildman–Crippen MR) is 194 cm³/mol. The molecule has 4 aliphatic carbocycles. The van der Waals surface area contributed by atoms with Gasteiger partial charge in [0.2, 0.25) is 0 Å². The first-order valence-electron chi connectivity index (χ1n) is 19.7. The Morgan fingerprint density at radius 2 is 1.10 bits per heavy atom. The zero-order valence-corrected chi connectivity index (χ0v) is 30.7. The van der Waals surface area contributed by atoms with Crippen molar-refractivity contribution in [3.63, 3.8) is 0 Å². The second-order valence-corrected chi connectivity index (χ2v) is 16.4. The lowest BCUT2D eigenvalue weighted by Gasteiger charge is -2.47. The van der Waals surface area contributed by atoms with Gasteiger partial charge in [0.25, 0.3) is 0 Å². The van der Waals surface area contributed by atoms with Crippen LogP contribution in [0.25, 0.3) is 0 Å². The third-order valence-corrected chi connectivity index (χ3v) is 12.8. The first-order chi connectivity index (χ1) is 24.5. The second kappa shape index (κ2) is 16.4. The van der Waals surface area contributed by atoms with Crippen molar-refractivity contribution in [1.29, 1.82) is 0 Å². The van der Waals surface area contributed by atoms with Crippen molar-refractivity contribution in [2.24, 2.45) is 23.3 Å². The van der Waals surface area contributed by atoms with Crippen LogP contribution in [-0.4, -0.2) is 37.2 Å². The van der Waals surface area contributed by atoms with Crippen LogP contribution in [0, 0.1) is 23.5 Å². The highest BCUT2D eigenvalue weighted by Gasteiger charge is 2.46. The number of fused-ring (bicyclic) bond motifs is 8. The van der Waals surface area contributed by atoms with E-state index in [4.69, 9.17) is 25.7 Å². The van der Waals surface area contributed by atoms with E-state index >= 15 is 8.78 Å². The van der Waals surface area contributed by atoms with Gasteiger partial charge in [-0.3, -0.25) is 9.59 Å². The van der Waals surface area contributed by atoms with Crippen molar-refractivity contribution in [3.8, 4) is 11.5 Å². The van der Waals surface area contributed by atoms with Crippen molar-refractivity contribution in [3.05, 3.63) is 58.2 Å². The molecule has 4 bridgehead atoms. The number of esters is 2. The number of unbranched alkanes of at least 4 members (excludes halogenated alkanes) is 2. The van der Waals surface area contributed by atoms with E-state index in [0.717, 1.165) is 73.6 Å². The van der Waals surface area contributed by atoms with Gasteiger partial charge in [-0.2, -0.15) is 0 Å². The third-order valence-electron chi connectivity index (χ3n) is 12.8. The Labute approximate surface area is 302 Å². The molecule has 2 fully saturated rings. The highest BCUT2D eigenvalue weighted by molar-refractivity contribution is 5.73. The molecule has 0 aromatic heterocycles. The van der Waals surface area contributed by atoms with Crippen LogP contribution in [0.3, 0.4) is 0 Å². The standard InChI is InChI=1S/C42H58F2N2O5/c1-41-17-9-3-5-13-27(39(41)45)21-31-33(41)23-29(25-35(31)43)50-37(47)15-7-11-19-49-20-12-8-16-38(48)51-30-24-34-32(36(44)26-30)22-28-14-6-4-10-18-42(34,2)40(28)46/h23-28,39-40H,3-22,45-46H2,1-2H3/t27-,28-,39-,40-,41+,42+/m0/s1. The first kappa shape index (κ1) is 37.9. The lowest BCUT2D eigenvalue weighted by molar-refractivity contribution is -0.135. The molecule has 51 heavy (non-hydrogen) atoms. The van der Waals surface area contributed by atoms with Crippen molar-refractivity contribution < 1.29 is 32.6 Å². The number of hydrogen-bond donors (Lipinski definition) is 2. The average molecular weight is 709 g/mol. The molecule has 2 aromatic rings. The van der Waals surface area contributed by atoms with Gasteiger partial charge in [0, 0.05) is 61.1 Å². The zero-order valence-electron chi connectivity index (χ0n) is 30.7. The van der Waals surface area contributed by atoms with E-state index in [0.29, 0.717) is 51.7 Å². The summed E-state index contributed by atoms with van der Waals surface area (Å²) in [6.45, 7) is 5.26. The van der Waals surface area contributed by atoms with Gasteiger partial charge >= 0.3 is 11.9 Å². The van der Waals surface area contributed by atoms with Crippen LogP contribution in [-0.2, 0) is 38.0 Å². The molecule has 6 rings (SSSR count). The molecule has 6 atom stereocenters. The summed E-state index contributed by atoms with van der Waals surface area (Å²) in [5.41, 5.74) is 16.1. The summed E-state index contributed by atoms with van der Waals surface area (Å²) in [6, 6.07) is 6.33. The quantitative estimate of drug-likeness (QED) is 0.130. The molecule has 4 N–H and O–H groups in total. The Hall–Kier alpha value is -2.88. The summed E-state index contributed by atoms with van der Waals surface area (Å²) in [5.74, 6) is -0.329. The summed E-state index contributed by atoms with van der Waals surface area (Å²) in [4.78, 5) is 25.3. The molecule has 0 aliphatic heterocycles. The van der Waals surface area contributed by atoms with Crippen LogP contribution in [0.4, 0.5) is 8.78 Å². The van der Waals surface area contributed by atoms with Crippen LogP contribution in [0.15, 0.2) is 24.3 Å². The van der Waals surface area contributed by atoms with Gasteiger partial charge in [-0.25, -0.2) is 8.78 Å². The highest BCUT2D eigenvalue weighted by atomic mass is 19.1. The maximum Gasteiger partial charge on any atom is 0.311 e. The van der Waals surface area contributed by atoms with Gasteiger partial charge in [-0.1, -0.05) is 52.4 Å². The minimum absolute atomic E-state index is 0.0340. The van der Waals surface area contributed by atoms with Crippen LogP contribution < -0.4 is 20.9 Å². The fourth-order valence-electron chi connectivity index (χ4n) is 9.68. The molecule has 0 amide bonds. The molecule has 0 radical (unpaired) electrons. The normalized spacial score (nSPS) is 28.7. The number of hydrogen-bond acceptors (Lipinski definition) is 7. The maximum atomic E-state index is 15.3. The number of rotatable bonds is 12. The van der Waals surface area contributed by atoms with E-state index in [-0.39, 0.29) is 70.7 Å². The summed E-state index contributed by atoms with van der Waals surface area (Å²) >= 11 is 0. The van der Waals surface area contributed by atoms with E-state index < -0.39 is 11.9 Å². The summed E-state index contributed by atoms with van der Waals surface area (Å²) < 4.78 is 47.5. The molecule has 0 heterocycles. The average Bonchev–Trinajstić information content (AvgIpc) is 3.08. The number of carbonyl (C=O) groups is 2. The van der Waals surface area contributed by atoms with Gasteiger partial charge in [-0.15, -0.1) is 0 Å². The van der Waals surface area contributed by atoms with Crippen molar-refractivity contribution >= 4 is 11.9 Å². The van der Waals surface area contributed by atoms with E-state index in [1.165, 1.54) is 25.0 Å². The lowest BCUT2D eigenvalue weighted by atomic mass is 9.60. The molecular formula is C42H58F2N2O5. The third kappa shape index (κ3) is 8.36. The Kier molecular flexibility index (Phi) is 12.2. The van der Waals surface area contributed by atoms with Gasteiger partial charge < -0.3 is 25.7 Å². The number of nitrogens with two attached hydrogens (primary N) is 2. The van der Waals surface area contributed by atoms with E-state index in [1.807, 2.05) is 12.1 Å². The molecule has 0 spiro atoms. The molecule has 7 nitrogen and oxygen atoms in total. The van der Waals surface area contributed by atoms with Gasteiger partial charge in [0.15, 0.2) is 0 Å². The number of carbonyl (C=O) groups excluding carboxylic acids is 2. The maximum absolute atomic E-state index is 15.3. The Morgan fingerprint density at radius 3 is 1.53 bits per heavy atom. The summed E-state index contributed by atoms with van der Waals surface area (Å²) in [5, 5.41) is 0. The topological polar surface area (TPSA) is 114 Å². The minimum atomic E-state index is -0.390. The first-order valence-corrected chi connectivity index (χ1v) is 19.7. The molecule has 2 aromatic carbocycles. The fraction of sp³-hybridized carbons (Fsp3) is 0.667. The van der Waals surface area contributed by atoms with Crippen LogP contribution in [0.1, 0.15) is 139 Å². The van der Waals surface area contributed by atoms with Crippen molar-refractivity contribution in [1.82, 2.24) is 0 Å². The molecular weight excluding hydrogens is 650 g/mol. The SMILES string of the molecule is C[C@@]12CCCCC[C@@H](Cc3c(F)cc(OC(=O)CCCCOCCCCC(=O)Oc4cc(F)c5c(c4)[C@@]4(C)CCCCC[C@@H](C5)[C@@H]4N)cc31)[C@@H]2N. The van der Waals surface area contributed by atoms with Crippen molar-refractivity contribution in [2.75, 3.05) is 13.2 Å². The van der Waals surface area contributed by atoms with E-state index in [1.54, 1.807) is 0 Å². The second-order valence-electron chi connectivity index (χ2n) is 16.4. The zero-order chi connectivity index (χ0) is 36.2. The van der Waals surface area contributed by atoms with Crippen molar-refractivity contribution in [2.45, 2.75) is 152 Å². The fourth-order valence-corrected chi connectivity index (χ4v) is 9.68. The molecule has 280 valence electrons. The monoisotopic (exact) mass is 708 g/mol. The van der Waals surface area contributed by atoms with E-state index in [2.05, 4.69) is 13.8 Å². The predicted octanol–water partition coefficient (Wildman–Crippen LogP) is 8.28. The van der Waals surface area contributed by atoms with Gasteiger partial charge in [0.1, 0.15) is 23.1 Å². The van der Waals surface area contributed by atoms with Gasteiger partial charge in [0.05, 0.1) is 0 Å². The number of benzene rings is 2. The minimum Gasteiger partial charge on any atom is -0.426 e. The molecule has 0 saturated heterocycles. The molecule has 4 aliphatic rings. The summed E-state index contributed by atoms with van der Waals surface area (Å²) in [7, 11) is 0. The lowest BCUT2D eigenvalue weighted by Crippen LogP contribution is -2.53. The molecule has 9 heteroatoms. The molecule has 2 saturated carbocycles. The van der Waals surface area contributed by atoms with Crippen LogP contribution in [0.5, 0.6) is 11.5 Å². The van der Waals surface area contributed by atoms with Crippen LogP contribution >= 0.6 is 0 Å². The molecule has 0 unspecified atom stereocenters. The Balaban J connectivity index is 0.885. The Morgan fingerprint density at radius 1 is 0.667 bits per heavy atom. The number of halogens is 2. The van der Waals surface area contributed by atoms with E-state index in [9.17, 15) is 9.59 Å². The highest BCUT2D eigenvalue weighted by Crippen LogP contribution is 2.49. The number of ether oxygens (including phenoxy) is 3. The Bertz CT molecular complexity index is 1450. The van der Waals surface area contributed by atoms with Gasteiger partial charge in [-0.05, 0) is 110 Å².